The standard InChI is InChI=1S/C38H42ClN3O5S/c39-30-11-5-26(6-12-30)27-7-13-33(14-8-27)47-35-19-22-42(37(25-35)38(43)41-20-17-31(40)18-21-41)48(44,45)36-16-10-28-23-34(15-9-29(28)24-36)46-32-3-1-2-4-32/h5-16,23-24,31-32,35,37H,1-4,17-22,25,40H2/t35-,37-/m1/s1. The summed E-state index contributed by atoms with van der Waals surface area (Å²) in [6.45, 7) is 1.21. The summed E-state index contributed by atoms with van der Waals surface area (Å²) in [7, 11) is -4.00. The maximum Gasteiger partial charge on any atom is 0.243 e. The lowest BCUT2D eigenvalue weighted by atomic mass is 9.98. The van der Waals surface area contributed by atoms with Gasteiger partial charge in [0.25, 0.3) is 0 Å². The summed E-state index contributed by atoms with van der Waals surface area (Å²) in [4.78, 5) is 16.0. The van der Waals surface area contributed by atoms with Gasteiger partial charge in [0, 0.05) is 37.1 Å². The van der Waals surface area contributed by atoms with Crippen LogP contribution in [0.1, 0.15) is 51.4 Å². The molecule has 3 aliphatic rings. The molecule has 1 saturated carbocycles. The molecular weight excluding hydrogens is 646 g/mol. The third-order valence-corrected chi connectivity index (χ3v) is 12.1. The Morgan fingerprint density at radius 1 is 0.708 bits per heavy atom. The van der Waals surface area contributed by atoms with Crippen molar-refractivity contribution >= 4 is 38.3 Å². The van der Waals surface area contributed by atoms with Gasteiger partial charge in [0.05, 0.1) is 11.0 Å². The number of fused-ring (bicyclic) bond motifs is 1. The predicted molar refractivity (Wildman–Crippen MR) is 189 cm³/mol. The first kappa shape index (κ1) is 32.9. The monoisotopic (exact) mass is 687 g/mol. The second kappa shape index (κ2) is 14.1. The minimum atomic E-state index is -4.00. The molecule has 2 N–H and O–H groups in total. The van der Waals surface area contributed by atoms with Gasteiger partial charge in [-0.05, 0) is 115 Å². The molecule has 0 bridgehead atoms. The number of piperidine rings is 2. The van der Waals surface area contributed by atoms with E-state index in [1.165, 1.54) is 17.1 Å². The quantitative estimate of drug-likeness (QED) is 0.213. The van der Waals surface area contributed by atoms with Crippen molar-refractivity contribution in [3.63, 3.8) is 0 Å². The van der Waals surface area contributed by atoms with Crippen LogP contribution in [0.2, 0.25) is 5.02 Å². The zero-order valence-corrected chi connectivity index (χ0v) is 28.5. The van der Waals surface area contributed by atoms with E-state index in [-0.39, 0.29) is 42.0 Å². The van der Waals surface area contributed by atoms with Crippen LogP contribution >= 0.6 is 11.6 Å². The highest BCUT2D eigenvalue weighted by molar-refractivity contribution is 7.89. The van der Waals surface area contributed by atoms with Crippen LogP contribution in [0.5, 0.6) is 11.5 Å². The fraction of sp³-hybridized carbons (Fsp3) is 0.395. The Labute approximate surface area is 287 Å². The number of benzene rings is 4. The van der Waals surface area contributed by atoms with E-state index >= 15 is 0 Å². The first-order chi connectivity index (χ1) is 23.2. The molecule has 1 aliphatic carbocycles. The van der Waals surface area contributed by atoms with Crippen molar-refractivity contribution in [2.75, 3.05) is 19.6 Å². The van der Waals surface area contributed by atoms with Gasteiger partial charge in [-0.15, -0.1) is 0 Å². The van der Waals surface area contributed by atoms with Crippen molar-refractivity contribution in [2.45, 2.75) is 80.6 Å². The number of halogens is 1. The van der Waals surface area contributed by atoms with Crippen molar-refractivity contribution in [3.8, 4) is 22.6 Å². The molecule has 3 fully saturated rings. The van der Waals surface area contributed by atoms with Gasteiger partial charge in [0.1, 0.15) is 23.6 Å². The molecule has 2 heterocycles. The number of sulfonamides is 1. The lowest BCUT2D eigenvalue weighted by Gasteiger charge is -2.41. The summed E-state index contributed by atoms with van der Waals surface area (Å²) in [6, 6.07) is 25.6. The summed E-state index contributed by atoms with van der Waals surface area (Å²) in [5, 5.41) is 2.40. The van der Waals surface area contributed by atoms with Gasteiger partial charge in [-0.25, -0.2) is 8.42 Å². The van der Waals surface area contributed by atoms with E-state index in [0.29, 0.717) is 43.1 Å². The van der Waals surface area contributed by atoms with Crippen LogP contribution in [0, 0.1) is 0 Å². The second-order valence-electron chi connectivity index (χ2n) is 13.3. The van der Waals surface area contributed by atoms with E-state index < -0.39 is 16.1 Å². The summed E-state index contributed by atoms with van der Waals surface area (Å²) in [5.41, 5.74) is 8.20. The number of carbonyl (C=O) groups is 1. The molecule has 10 heteroatoms. The zero-order chi connectivity index (χ0) is 33.3. The minimum Gasteiger partial charge on any atom is -0.490 e. The van der Waals surface area contributed by atoms with Crippen LogP contribution in [0.15, 0.2) is 89.8 Å². The van der Waals surface area contributed by atoms with E-state index in [1.807, 2.05) is 72.8 Å². The smallest absolute Gasteiger partial charge is 0.243 e. The number of nitrogens with two attached hydrogens (primary N) is 1. The Morgan fingerprint density at radius 2 is 1.31 bits per heavy atom. The van der Waals surface area contributed by atoms with Crippen LogP contribution in [0.25, 0.3) is 21.9 Å². The fourth-order valence-electron chi connectivity index (χ4n) is 7.19. The van der Waals surface area contributed by atoms with Crippen LogP contribution in [-0.4, -0.2) is 67.5 Å². The number of likely N-dealkylation sites (tertiary alicyclic amines) is 1. The lowest BCUT2D eigenvalue weighted by molar-refractivity contribution is -0.138. The Balaban J connectivity index is 1.11. The zero-order valence-electron chi connectivity index (χ0n) is 27.0. The molecule has 252 valence electrons. The van der Waals surface area contributed by atoms with Crippen molar-refractivity contribution < 1.29 is 22.7 Å². The van der Waals surface area contributed by atoms with Crippen molar-refractivity contribution in [1.82, 2.24) is 9.21 Å². The summed E-state index contributed by atoms with van der Waals surface area (Å²) >= 11 is 6.05. The average Bonchev–Trinajstić information content (AvgIpc) is 3.62. The van der Waals surface area contributed by atoms with Gasteiger partial charge in [-0.3, -0.25) is 4.79 Å². The van der Waals surface area contributed by atoms with Gasteiger partial charge >= 0.3 is 0 Å². The van der Waals surface area contributed by atoms with E-state index in [4.69, 9.17) is 26.8 Å². The molecule has 1 amide bonds. The third-order valence-electron chi connectivity index (χ3n) is 9.97. The lowest BCUT2D eigenvalue weighted by Crippen LogP contribution is -2.57. The molecule has 0 radical (unpaired) electrons. The van der Waals surface area contributed by atoms with Gasteiger partial charge in [-0.2, -0.15) is 4.31 Å². The highest BCUT2D eigenvalue weighted by atomic mass is 35.5. The number of hydrogen-bond acceptors (Lipinski definition) is 6. The topological polar surface area (TPSA) is 102 Å². The van der Waals surface area contributed by atoms with Crippen LogP contribution in [-0.2, 0) is 14.8 Å². The summed E-state index contributed by atoms with van der Waals surface area (Å²) in [6.07, 6.45) is 6.55. The molecule has 7 rings (SSSR count). The van der Waals surface area contributed by atoms with Gasteiger partial charge in [-0.1, -0.05) is 48.0 Å². The number of hydrogen-bond donors (Lipinski definition) is 1. The second-order valence-corrected chi connectivity index (χ2v) is 15.6. The van der Waals surface area contributed by atoms with Crippen LogP contribution in [0.3, 0.4) is 0 Å². The van der Waals surface area contributed by atoms with Crippen molar-refractivity contribution in [1.29, 1.82) is 0 Å². The van der Waals surface area contributed by atoms with E-state index in [9.17, 15) is 13.2 Å². The van der Waals surface area contributed by atoms with E-state index in [1.54, 1.807) is 17.0 Å². The molecule has 48 heavy (non-hydrogen) atoms. The molecule has 0 spiro atoms. The Morgan fingerprint density at radius 3 is 2.02 bits per heavy atom. The number of carbonyl (C=O) groups excluding carboxylic acids is 1. The molecule has 0 unspecified atom stereocenters. The molecule has 4 aromatic rings. The number of ether oxygens (including phenoxy) is 2. The van der Waals surface area contributed by atoms with Gasteiger partial charge in [0.2, 0.25) is 15.9 Å². The SMILES string of the molecule is NC1CCN(C(=O)[C@H]2C[C@H](Oc3ccc(-c4ccc(Cl)cc4)cc3)CCN2S(=O)(=O)c2ccc3cc(OC4CCCC4)ccc3c2)CC1. The minimum absolute atomic E-state index is 0.0499. The maximum atomic E-state index is 14.3. The first-order valence-corrected chi connectivity index (χ1v) is 18.8. The fourth-order valence-corrected chi connectivity index (χ4v) is 8.96. The van der Waals surface area contributed by atoms with Crippen molar-refractivity contribution in [3.05, 3.63) is 90.0 Å². The predicted octanol–water partition coefficient (Wildman–Crippen LogP) is 7.03. The van der Waals surface area contributed by atoms with Crippen LogP contribution < -0.4 is 15.2 Å². The summed E-state index contributed by atoms with van der Waals surface area (Å²) < 4.78 is 42.5. The summed E-state index contributed by atoms with van der Waals surface area (Å²) in [5.74, 6) is 1.29. The first-order valence-electron chi connectivity index (χ1n) is 17.0. The van der Waals surface area contributed by atoms with Crippen LogP contribution in [0.4, 0.5) is 0 Å². The molecule has 0 aromatic heterocycles. The number of amides is 1. The molecule has 2 saturated heterocycles. The average molecular weight is 688 g/mol. The van der Waals surface area contributed by atoms with Crippen molar-refractivity contribution in [2.24, 2.45) is 5.73 Å². The largest absolute Gasteiger partial charge is 0.490 e. The molecular formula is C38H42ClN3O5S. The molecule has 4 aromatic carbocycles. The Bertz CT molecular complexity index is 1850. The number of rotatable bonds is 8. The maximum absolute atomic E-state index is 14.3. The molecule has 2 atom stereocenters. The number of nitrogens with zero attached hydrogens (tertiary/aromatic N) is 2. The highest BCUT2D eigenvalue weighted by Crippen LogP contribution is 2.33. The van der Waals surface area contributed by atoms with E-state index in [2.05, 4.69) is 0 Å². The Kier molecular flexibility index (Phi) is 9.65. The van der Waals surface area contributed by atoms with Gasteiger partial charge in [0.15, 0.2) is 0 Å². The highest BCUT2D eigenvalue weighted by Gasteiger charge is 2.43. The Hall–Kier alpha value is -3.63. The van der Waals surface area contributed by atoms with E-state index in [0.717, 1.165) is 40.5 Å². The third kappa shape index (κ3) is 7.20. The normalized spacial score (nSPS) is 21.4. The van der Waals surface area contributed by atoms with Gasteiger partial charge < -0.3 is 20.1 Å². The molecule has 8 nitrogen and oxygen atoms in total. The molecule has 2 aliphatic heterocycles.